The van der Waals surface area contributed by atoms with Crippen molar-refractivity contribution in [2.45, 2.75) is 24.8 Å². The number of amides is 1. The standard InChI is InChI=1S/C23H20FN3O3S2/c1-15-4-6-16(7-5-15)22(19-3-2-12-31-19)25-20(28)14-32-23-27-26-21(30-23)13-29-18-10-8-17(24)9-11-18/h2-12,22H,13-14H2,1H3,(H,25,28). The van der Waals surface area contributed by atoms with Gasteiger partial charge in [-0.05, 0) is 48.2 Å². The van der Waals surface area contributed by atoms with Crippen LogP contribution in [0.4, 0.5) is 4.39 Å². The Kier molecular flexibility index (Phi) is 7.18. The van der Waals surface area contributed by atoms with Crippen molar-refractivity contribution in [1.82, 2.24) is 15.5 Å². The first-order chi connectivity index (χ1) is 15.6. The average Bonchev–Trinajstić information content (AvgIpc) is 3.49. The molecule has 0 aliphatic carbocycles. The van der Waals surface area contributed by atoms with Gasteiger partial charge in [-0.25, -0.2) is 4.39 Å². The van der Waals surface area contributed by atoms with Gasteiger partial charge in [-0.1, -0.05) is 47.7 Å². The number of rotatable bonds is 9. The van der Waals surface area contributed by atoms with Gasteiger partial charge in [0.1, 0.15) is 11.6 Å². The highest BCUT2D eigenvalue weighted by molar-refractivity contribution is 7.99. The summed E-state index contributed by atoms with van der Waals surface area (Å²) in [4.78, 5) is 13.7. The number of thioether (sulfide) groups is 1. The molecule has 4 aromatic rings. The number of hydrogen-bond donors (Lipinski definition) is 1. The number of nitrogens with one attached hydrogen (secondary N) is 1. The Balaban J connectivity index is 1.31. The molecule has 0 spiro atoms. The van der Waals surface area contributed by atoms with E-state index in [1.54, 1.807) is 11.3 Å². The molecule has 2 aromatic heterocycles. The van der Waals surface area contributed by atoms with Crippen molar-refractivity contribution < 1.29 is 18.3 Å². The zero-order valence-electron chi connectivity index (χ0n) is 17.2. The number of ether oxygens (including phenoxy) is 1. The molecule has 0 fully saturated rings. The van der Waals surface area contributed by atoms with E-state index in [9.17, 15) is 9.18 Å². The monoisotopic (exact) mass is 469 g/mol. The van der Waals surface area contributed by atoms with E-state index in [0.717, 1.165) is 27.8 Å². The molecule has 0 saturated heterocycles. The number of aryl methyl sites for hydroxylation is 1. The molecule has 4 rings (SSSR count). The van der Waals surface area contributed by atoms with Crippen molar-refractivity contribution in [3.05, 3.63) is 93.8 Å². The normalized spacial score (nSPS) is 11.8. The molecular formula is C23H20FN3O3S2. The molecule has 1 unspecified atom stereocenters. The molecule has 0 aliphatic rings. The van der Waals surface area contributed by atoms with Gasteiger partial charge in [0, 0.05) is 4.88 Å². The van der Waals surface area contributed by atoms with Gasteiger partial charge in [0.25, 0.3) is 11.1 Å². The fourth-order valence-corrected chi connectivity index (χ4v) is 4.29. The molecule has 32 heavy (non-hydrogen) atoms. The van der Waals surface area contributed by atoms with Crippen LogP contribution in [0.15, 0.2) is 75.7 Å². The summed E-state index contributed by atoms with van der Waals surface area (Å²) >= 11 is 2.75. The van der Waals surface area contributed by atoms with E-state index in [1.165, 1.54) is 24.3 Å². The summed E-state index contributed by atoms with van der Waals surface area (Å²) in [6, 6.07) is 17.5. The smallest absolute Gasteiger partial charge is 0.277 e. The van der Waals surface area contributed by atoms with Gasteiger partial charge in [0.05, 0.1) is 11.8 Å². The van der Waals surface area contributed by atoms with E-state index in [0.29, 0.717) is 5.75 Å². The molecule has 0 aliphatic heterocycles. The van der Waals surface area contributed by atoms with Crippen molar-refractivity contribution in [3.63, 3.8) is 0 Å². The second-order valence-corrected chi connectivity index (χ2v) is 8.83. The number of hydrogen-bond acceptors (Lipinski definition) is 7. The van der Waals surface area contributed by atoms with Crippen LogP contribution < -0.4 is 10.1 Å². The maximum absolute atomic E-state index is 12.9. The van der Waals surface area contributed by atoms with E-state index < -0.39 is 0 Å². The maximum atomic E-state index is 12.9. The van der Waals surface area contributed by atoms with Crippen LogP contribution in [-0.4, -0.2) is 21.9 Å². The number of carbonyl (C=O) groups excluding carboxylic acids is 1. The lowest BCUT2D eigenvalue weighted by atomic mass is 10.0. The first-order valence-electron chi connectivity index (χ1n) is 9.80. The highest BCUT2D eigenvalue weighted by atomic mass is 32.2. The van der Waals surface area contributed by atoms with E-state index in [4.69, 9.17) is 9.15 Å². The predicted octanol–water partition coefficient (Wildman–Crippen LogP) is 5.16. The van der Waals surface area contributed by atoms with Gasteiger partial charge in [-0.2, -0.15) is 0 Å². The molecule has 0 bridgehead atoms. The Morgan fingerprint density at radius 2 is 1.94 bits per heavy atom. The van der Waals surface area contributed by atoms with Crippen LogP contribution in [0, 0.1) is 12.7 Å². The fourth-order valence-electron chi connectivity index (χ4n) is 2.89. The largest absolute Gasteiger partial charge is 0.484 e. The van der Waals surface area contributed by atoms with E-state index in [2.05, 4.69) is 15.5 Å². The van der Waals surface area contributed by atoms with Gasteiger partial charge in [0.2, 0.25) is 5.91 Å². The summed E-state index contributed by atoms with van der Waals surface area (Å²) in [6.45, 7) is 2.09. The minimum Gasteiger partial charge on any atom is -0.484 e. The van der Waals surface area contributed by atoms with E-state index >= 15 is 0 Å². The van der Waals surface area contributed by atoms with Gasteiger partial charge in [0.15, 0.2) is 6.61 Å². The molecule has 1 amide bonds. The highest BCUT2D eigenvalue weighted by Gasteiger charge is 2.19. The van der Waals surface area contributed by atoms with Gasteiger partial charge in [-0.15, -0.1) is 21.5 Å². The number of nitrogens with zero attached hydrogens (tertiary/aromatic N) is 2. The van der Waals surface area contributed by atoms with Crippen molar-refractivity contribution in [1.29, 1.82) is 0 Å². The lowest BCUT2D eigenvalue weighted by Gasteiger charge is -2.18. The SMILES string of the molecule is Cc1ccc(C(NC(=O)CSc2nnc(COc3ccc(F)cc3)o2)c2cccs2)cc1. The third kappa shape index (κ3) is 5.95. The zero-order valence-corrected chi connectivity index (χ0v) is 18.8. The van der Waals surface area contributed by atoms with Crippen LogP contribution in [0.1, 0.15) is 27.9 Å². The molecule has 6 nitrogen and oxygen atoms in total. The molecule has 2 heterocycles. The second kappa shape index (κ2) is 10.4. The molecule has 2 aromatic carbocycles. The number of benzene rings is 2. The van der Waals surface area contributed by atoms with Crippen LogP contribution in [0.3, 0.4) is 0 Å². The summed E-state index contributed by atoms with van der Waals surface area (Å²) in [5.74, 6) is 0.420. The average molecular weight is 470 g/mol. The Hall–Kier alpha value is -3.17. The molecule has 164 valence electrons. The first-order valence-corrected chi connectivity index (χ1v) is 11.7. The van der Waals surface area contributed by atoms with Gasteiger partial charge < -0.3 is 14.5 Å². The number of halogens is 1. The third-order valence-electron chi connectivity index (χ3n) is 4.49. The Labute approximate surface area is 192 Å². The summed E-state index contributed by atoms with van der Waals surface area (Å²) in [7, 11) is 0. The van der Waals surface area contributed by atoms with Crippen LogP contribution in [0.25, 0.3) is 0 Å². The second-order valence-electron chi connectivity index (χ2n) is 6.92. The van der Waals surface area contributed by atoms with Crippen LogP contribution in [-0.2, 0) is 11.4 Å². The lowest BCUT2D eigenvalue weighted by molar-refractivity contribution is -0.119. The van der Waals surface area contributed by atoms with Crippen molar-refractivity contribution in [2.24, 2.45) is 0 Å². The predicted molar refractivity (Wildman–Crippen MR) is 121 cm³/mol. The van der Waals surface area contributed by atoms with E-state index in [1.807, 2.05) is 48.7 Å². The Morgan fingerprint density at radius 1 is 1.16 bits per heavy atom. The highest BCUT2D eigenvalue weighted by Crippen LogP contribution is 2.27. The summed E-state index contributed by atoms with van der Waals surface area (Å²) in [5.41, 5.74) is 2.19. The molecule has 1 N–H and O–H groups in total. The van der Waals surface area contributed by atoms with Crippen LogP contribution >= 0.6 is 23.1 Å². The van der Waals surface area contributed by atoms with Crippen LogP contribution in [0.5, 0.6) is 5.75 Å². The summed E-state index contributed by atoms with van der Waals surface area (Å²) < 4.78 is 23.9. The van der Waals surface area contributed by atoms with Crippen LogP contribution in [0.2, 0.25) is 0 Å². The fraction of sp³-hybridized carbons (Fsp3) is 0.174. The quantitative estimate of drug-likeness (QED) is 0.342. The molecular weight excluding hydrogens is 449 g/mol. The Morgan fingerprint density at radius 3 is 2.66 bits per heavy atom. The first kappa shape index (κ1) is 22.0. The Bertz CT molecular complexity index is 1150. The molecule has 9 heteroatoms. The minimum atomic E-state index is -0.337. The molecule has 0 saturated carbocycles. The number of carbonyl (C=O) groups is 1. The van der Waals surface area contributed by atoms with Crippen molar-refractivity contribution >= 4 is 29.0 Å². The zero-order chi connectivity index (χ0) is 22.3. The summed E-state index contributed by atoms with van der Waals surface area (Å²) in [5, 5.41) is 13.2. The number of aromatic nitrogens is 2. The van der Waals surface area contributed by atoms with Crippen molar-refractivity contribution in [3.8, 4) is 5.75 Å². The summed E-state index contributed by atoms with van der Waals surface area (Å²) in [6.07, 6.45) is 0. The van der Waals surface area contributed by atoms with E-state index in [-0.39, 0.29) is 41.2 Å². The third-order valence-corrected chi connectivity index (χ3v) is 6.25. The van der Waals surface area contributed by atoms with Crippen molar-refractivity contribution in [2.75, 3.05) is 5.75 Å². The number of thiophene rings is 1. The van der Waals surface area contributed by atoms with Gasteiger partial charge >= 0.3 is 0 Å². The molecule has 0 radical (unpaired) electrons. The lowest BCUT2D eigenvalue weighted by Crippen LogP contribution is -2.30. The maximum Gasteiger partial charge on any atom is 0.277 e. The minimum absolute atomic E-state index is 0.0548. The molecule has 1 atom stereocenters. The topological polar surface area (TPSA) is 77.2 Å². The van der Waals surface area contributed by atoms with Gasteiger partial charge in [-0.3, -0.25) is 4.79 Å².